The minimum absolute atomic E-state index is 0.0430. The lowest BCUT2D eigenvalue weighted by molar-refractivity contribution is -0.384. The molecule has 2 aliphatic heterocycles. The average Bonchev–Trinajstić information content (AvgIpc) is 3.40. The zero-order valence-corrected chi connectivity index (χ0v) is 22.5. The molecule has 0 bridgehead atoms. The standard InChI is InChI=1S/C29H32N4O4S/c1-20-5-3-4-6-24(20)28-25-13-18-38-26(25)11-14-30(28)15-12-27(34)31-16-17-32(21(2)19-31)29(35)22-7-9-23(10-8-22)33(36)37/h3-10,13,18,21,28H,11-12,14-17,19H2,1-2H3/t21-,28-/m0/s1. The second kappa shape index (κ2) is 11.0. The SMILES string of the molecule is Cc1ccccc1[C@H]1c2ccsc2CCN1CCC(=O)N1CCN(C(=O)c2ccc([N+](=O)[O-])cc2)[C@@H](C)C1. The van der Waals surface area contributed by atoms with Crippen LogP contribution in [-0.4, -0.2) is 70.2 Å². The van der Waals surface area contributed by atoms with E-state index in [-0.39, 0.29) is 29.6 Å². The molecule has 3 heterocycles. The number of hydrogen-bond acceptors (Lipinski definition) is 6. The summed E-state index contributed by atoms with van der Waals surface area (Å²) in [6.45, 7) is 7.11. The predicted octanol–water partition coefficient (Wildman–Crippen LogP) is 4.68. The number of piperazine rings is 1. The summed E-state index contributed by atoms with van der Waals surface area (Å²) in [5.74, 6) is -0.0561. The monoisotopic (exact) mass is 532 g/mol. The third-order valence-corrected chi connectivity index (χ3v) is 8.72. The molecule has 0 spiro atoms. The molecule has 0 aliphatic carbocycles. The molecule has 8 nitrogen and oxygen atoms in total. The van der Waals surface area contributed by atoms with E-state index < -0.39 is 4.92 Å². The van der Waals surface area contributed by atoms with Crippen molar-refractivity contribution in [1.82, 2.24) is 14.7 Å². The second-order valence-electron chi connectivity index (χ2n) is 10.1. The average molecular weight is 533 g/mol. The molecular formula is C29H32N4O4S. The Kier molecular flexibility index (Phi) is 7.58. The predicted molar refractivity (Wildman–Crippen MR) is 147 cm³/mol. The van der Waals surface area contributed by atoms with Crippen LogP contribution in [0.15, 0.2) is 60.0 Å². The van der Waals surface area contributed by atoms with Gasteiger partial charge in [0.15, 0.2) is 0 Å². The van der Waals surface area contributed by atoms with Crippen molar-refractivity contribution in [3.63, 3.8) is 0 Å². The maximum absolute atomic E-state index is 13.3. The molecule has 2 atom stereocenters. The van der Waals surface area contributed by atoms with E-state index in [9.17, 15) is 19.7 Å². The van der Waals surface area contributed by atoms with E-state index in [4.69, 9.17) is 0 Å². The van der Waals surface area contributed by atoms with Crippen LogP contribution in [0.2, 0.25) is 0 Å². The Balaban J connectivity index is 1.21. The zero-order valence-electron chi connectivity index (χ0n) is 21.7. The summed E-state index contributed by atoms with van der Waals surface area (Å²) < 4.78 is 0. The van der Waals surface area contributed by atoms with Crippen molar-refractivity contribution in [2.75, 3.05) is 32.7 Å². The van der Waals surface area contributed by atoms with Gasteiger partial charge in [-0.05, 0) is 60.5 Å². The zero-order chi connectivity index (χ0) is 26.8. The van der Waals surface area contributed by atoms with Crippen LogP contribution >= 0.6 is 11.3 Å². The molecule has 0 unspecified atom stereocenters. The first-order valence-corrected chi connectivity index (χ1v) is 13.9. The third-order valence-electron chi connectivity index (χ3n) is 7.73. The number of nitrogens with zero attached hydrogens (tertiary/aromatic N) is 4. The first kappa shape index (κ1) is 26.1. The molecule has 9 heteroatoms. The largest absolute Gasteiger partial charge is 0.339 e. The number of hydrogen-bond donors (Lipinski definition) is 0. The molecule has 5 rings (SSSR count). The third kappa shape index (κ3) is 5.21. The van der Waals surface area contributed by atoms with Gasteiger partial charge in [-0.15, -0.1) is 11.3 Å². The number of fused-ring (bicyclic) bond motifs is 1. The number of thiophene rings is 1. The molecule has 2 amide bonds. The number of rotatable bonds is 6. The number of carbonyl (C=O) groups is 2. The van der Waals surface area contributed by atoms with Crippen LogP contribution in [0.3, 0.4) is 0 Å². The van der Waals surface area contributed by atoms with Gasteiger partial charge in [-0.3, -0.25) is 24.6 Å². The molecule has 0 N–H and O–H groups in total. The lowest BCUT2D eigenvalue weighted by Crippen LogP contribution is -2.55. The quantitative estimate of drug-likeness (QED) is 0.340. The van der Waals surface area contributed by atoms with Crippen LogP contribution in [-0.2, 0) is 11.2 Å². The maximum Gasteiger partial charge on any atom is 0.269 e. The van der Waals surface area contributed by atoms with E-state index in [0.29, 0.717) is 38.2 Å². The van der Waals surface area contributed by atoms with Crippen LogP contribution in [0.4, 0.5) is 5.69 Å². The van der Waals surface area contributed by atoms with Crippen molar-refractivity contribution in [3.05, 3.63) is 97.2 Å². The fourth-order valence-corrected chi connectivity index (χ4v) is 6.55. The molecule has 0 saturated carbocycles. The van der Waals surface area contributed by atoms with E-state index >= 15 is 0 Å². The molecule has 2 aliphatic rings. The number of nitro groups is 1. The topological polar surface area (TPSA) is 87.0 Å². The van der Waals surface area contributed by atoms with E-state index in [1.165, 1.54) is 45.8 Å². The minimum atomic E-state index is -0.479. The molecule has 1 saturated heterocycles. The lowest BCUT2D eigenvalue weighted by Gasteiger charge is -2.41. The molecule has 38 heavy (non-hydrogen) atoms. The van der Waals surface area contributed by atoms with E-state index in [0.717, 1.165) is 13.0 Å². The molecule has 2 aromatic carbocycles. The van der Waals surface area contributed by atoms with Crippen LogP contribution in [0.1, 0.15) is 51.3 Å². The van der Waals surface area contributed by atoms with E-state index in [1.54, 1.807) is 4.90 Å². The summed E-state index contributed by atoms with van der Waals surface area (Å²) in [6.07, 6.45) is 1.44. The highest BCUT2D eigenvalue weighted by Gasteiger charge is 2.33. The molecular weight excluding hydrogens is 500 g/mol. The Morgan fingerprint density at radius 1 is 1.03 bits per heavy atom. The number of benzene rings is 2. The van der Waals surface area contributed by atoms with Gasteiger partial charge in [-0.25, -0.2) is 0 Å². The van der Waals surface area contributed by atoms with E-state index in [2.05, 4.69) is 47.5 Å². The Hall–Kier alpha value is -3.56. The van der Waals surface area contributed by atoms with Crippen molar-refractivity contribution in [1.29, 1.82) is 0 Å². The van der Waals surface area contributed by atoms with Gasteiger partial charge in [0.2, 0.25) is 5.91 Å². The number of aryl methyl sites for hydroxylation is 1. The minimum Gasteiger partial charge on any atom is -0.339 e. The molecule has 198 valence electrons. The normalized spacial score (nSPS) is 19.7. The summed E-state index contributed by atoms with van der Waals surface area (Å²) in [5.41, 5.74) is 4.29. The number of non-ortho nitro benzene ring substituents is 1. The van der Waals surface area contributed by atoms with Crippen molar-refractivity contribution >= 4 is 28.8 Å². The number of nitro benzene ring substituents is 1. The highest BCUT2D eigenvalue weighted by Crippen LogP contribution is 2.39. The van der Waals surface area contributed by atoms with E-state index in [1.807, 2.05) is 23.2 Å². The lowest BCUT2D eigenvalue weighted by atomic mass is 9.90. The summed E-state index contributed by atoms with van der Waals surface area (Å²) >= 11 is 1.82. The number of carbonyl (C=O) groups excluding carboxylic acids is 2. The second-order valence-corrected chi connectivity index (χ2v) is 11.1. The summed E-state index contributed by atoms with van der Waals surface area (Å²) in [6, 6.07) is 16.4. The summed E-state index contributed by atoms with van der Waals surface area (Å²) in [5, 5.41) is 13.1. The van der Waals surface area contributed by atoms with Crippen LogP contribution < -0.4 is 0 Å². The highest BCUT2D eigenvalue weighted by atomic mass is 32.1. The molecule has 3 aromatic rings. The Bertz CT molecular complexity index is 1340. The first-order chi connectivity index (χ1) is 18.3. The van der Waals surface area contributed by atoms with Gasteiger partial charge < -0.3 is 9.80 Å². The van der Waals surface area contributed by atoms with Gasteiger partial charge in [0.1, 0.15) is 0 Å². The molecule has 1 fully saturated rings. The van der Waals surface area contributed by atoms with Crippen molar-refractivity contribution in [2.45, 2.75) is 38.8 Å². The van der Waals surface area contributed by atoms with Crippen LogP contribution in [0, 0.1) is 17.0 Å². The van der Waals surface area contributed by atoms with Gasteiger partial charge in [0.05, 0.1) is 11.0 Å². The van der Waals surface area contributed by atoms with Crippen molar-refractivity contribution < 1.29 is 14.5 Å². The summed E-state index contributed by atoms with van der Waals surface area (Å²) in [4.78, 5) is 44.2. The molecule has 1 aromatic heterocycles. The molecule has 0 radical (unpaired) electrons. The number of amides is 2. The Morgan fingerprint density at radius 2 is 1.79 bits per heavy atom. The first-order valence-electron chi connectivity index (χ1n) is 13.0. The van der Waals surface area contributed by atoms with Crippen molar-refractivity contribution in [2.24, 2.45) is 0 Å². The van der Waals surface area contributed by atoms with Gasteiger partial charge in [0, 0.05) is 67.8 Å². The van der Waals surface area contributed by atoms with Gasteiger partial charge in [-0.2, -0.15) is 0 Å². The fourth-order valence-electron chi connectivity index (χ4n) is 5.64. The smallest absolute Gasteiger partial charge is 0.269 e. The Morgan fingerprint density at radius 3 is 2.50 bits per heavy atom. The highest BCUT2D eigenvalue weighted by molar-refractivity contribution is 7.10. The van der Waals surface area contributed by atoms with Gasteiger partial charge >= 0.3 is 0 Å². The maximum atomic E-state index is 13.3. The van der Waals surface area contributed by atoms with Gasteiger partial charge in [-0.1, -0.05) is 24.3 Å². The van der Waals surface area contributed by atoms with Gasteiger partial charge in [0.25, 0.3) is 11.6 Å². The summed E-state index contributed by atoms with van der Waals surface area (Å²) in [7, 11) is 0. The van der Waals surface area contributed by atoms with Crippen molar-refractivity contribution in [3.8, 4) is 0 Å². The van der Waals surface area contributed by atoms with Crippen LogP contribution in [0.5, 0.6) is 0 Å². The Labute approximate surface area is 226 Å². The fraction of sp³-hybridized carbons (Fsp3) is 0.379. The van der Waals surface area contributed by atoms with Crippen LogP contribution in [0.25, 0.3) is 0 Å².